The number of nitrogens with zero attached hydrogens (tertiary/aromatic N) is 3. The van der Waals surface area contributed by atoms with Gasteiger partial charge in [0.2, 0.25) is 10.0 Å². The molecule has 1 N–H and O–H groups in total. The number of imidazole rings is 1. The molecule has 0 radical (unpaired) electrons. The topological polar surface area (TPSA) is 87.8 Å². The zero-order chi connectivity index (χ0) is 18.6. The Hall–Kier alpha value is -1.94. The van der Waals surface area contributed by atoms with E-state index in [1.807, 2.05) is 7.05 Å². The summed E-state index contributed by atoms with van der Waals surface area (Å²) in [6.07, 6.45) is 3.43. The quantitative estimate of drug-likeness (QED) is 0.724. The van der Waals surface area contributed by atoms with Crippen molar-refractivity contribution >= 4 is 10.0 Å². The summed E-state index contributed by atoms with van der Waals surface area (Å²) in [4.78, 5) is 9.73. The molecule has 3 rings (SSSR count). The summed E-state index contributed by atoms with van der Waals surface area (Å²) in [5.74, 6) is 1.39. The maximum absolute atomic E-state index is 13.0. The number of piperazine rings is 1. The van der Waals surface area contributed by atoms with Gasteiger partial charge in [0.15, 0.2) is 0 Å². The Labute approximate surface area is 153 Å². The van der Waals surface area contributed by atoms with Crippen molar-refractivity contribution in [2.45, 2.75) is 10.9 Å². The molecule has 0 bridgehead atoms. The van der Waals surface area contributed by atoms with Gasteiger partial charge in [0.05, 0.1) is 17.5 Å². The van der Waals surface area contributed by atoms with E-state index in [0.29, 0.717) is 38.6 Å². The number of rotatable bonds is 7. The molecule has 1 aromatic carbocycles. The lowest BCUT2D eigenvalue weighted by Gasteiger charge is -2.37. The molecule has 26 heavy (non-hydrogen) atoms. The van der Waals surface area contributed by atoms with Crippen molar-refractivity contribution in [1.29, 1.82) is 0 Å². The van der Waals surface area contributed by atoms with Gasteiger partial charge in [-0.2, -0.15) is 4.31 Å². The van der Waals surface area contributed by atoms with E-state index in [-0.39, 0.29) is 10.9 Å². The number of H-pyrrole nitrogens is 1. The lowest BCUT2D eigenvalue weighted by Crippen LogP contribution is -2.49. The van der Waals surface area contributed by atoms with E-state index in [2.05, 4.69) is 14.9 Å². The molecule has 2 heterocycles. The summed E-state index contributed by atoms with van der Waals surface area (Å²) in [6, 6.07) is 6.41. The number of nitrogens with one attached hydrogen (secondary N) is 1. The Kier molecular flexibility index (Phi) is 5.92. The van der Waals surface area contributed by atoms with Crippen LogP contribution in [-0.4, -0.2) is 74.6 Å². The van der Waals surface area contributed by atoms with E-state index in [9.17, 15) is 8.42 Å². The van der Waals surface area contributed by atoms with Gasteiger partial charge in [-0.25, -0.2) is 13.4 Å². The monoisotopic (exact) mass is 380 g/mol. The Bertz CT molecular complexity index is 793. The van der Waals surface area contributed by atoms with Gasteiger partial charge in [0.1, 0.15) is 18.2 Å². The average Bonchev–Trinajstić information content (AvgIpc) is 3.17. The molecule has 0 amide bonds. The van der Waals surface area contributed by atoms with Gasteiger partial charge in [-0.3, -0.25) is 4.90 Å². The first-order valence-corrected chi connectivity index (χ1v) is 9.88. The fourth-order valence-corrected chi connectivity index (χ4v) is 4.36. The molecule has 142 valence electrons. The highest BCUT2D eigenvalue weighted by Gasteiger charge is 2.34. The zero-order valence-corrected chi connectivity index (χ0v) is 15.8. The van der Waals surface area contributed by atoms with E-state index in [4.69, 9.17) is 9.47 Å². The number of aromatic amines is 1. The fourth-order valence-electron chi connectivity index (χ4n) is 2.92. The molecule has 0 unspecified atom stereocenters. The highest BCUT2D eigenvalue weighted by atomic mass is 32.2. The van der Waals surface area contributed by atoms with Crippen molar-refractivity contribution in [3.8, 4) is 5.75 Å². The molecule has 1 saturated heterocycles. The minimum absolute atomic E-state index is 0.0924. The molecule has 8 nitrogen and oxygen atoms in total. The van der Waals surface area contributed by atoms with Crippen LogP contribution in [0.15, 0.2) is 41.6 Å². The number of methoxy groups -OCH3 is 1. The molecule has 2 aromatic rings. The van der Waals surface area contributed by atoms with Crippen molar-refractivity contribution in [1.82, 2.24) is 19.2 Å². The normalized spacial score (nSPS) is 19.5. The van der Waals surface area contributed by atoms with Crippen LogP contribution in [0.25, 0.3) is 0 Å². The lowest BCUT2D eigenvalue weighted by atomic mass is 10.2. The third kappa shape index (κ3) is 4.07. The summed E-state index contributed by atoms with van der Waals surface area (Å²) >= 11 is 0. The highest BCUT2D eigenvalue weighted by molar-refractivity contribution is 7.89. The maximum atomic E-state index is 13.0. The van der Waals surface area contributed by atoms with E-state index >= 15 is 0 Å². The molecule has 1 aliphatic heterocycles. The number of likely N-dealkylation sites (N-methyl/N-ethyl adjacent to an activating group) is 1. The van der Waals surface area contributed by atoms with E-state index in [1.54, 1.807) is 43.8 Å². The fraction of sp³-hybridized carbons (Fsp3) is 0.471. The van der Waals surface area contributed by atoms with Crippen LogP contribution in [0.3, 0.4) is 0 Å². The van der Waals surface area contributed by atoms with Crippen molar-refractivity contribution in [3.63, 3.8) is 0 Å². The van der Waals surface area contributed by atoms with Crippen LogP contribution in [0.1, 0.15) is 11.9 Å². The number of sulfonamides is 1. The predicted molar refractivity (Wildman–Crippen MR) is 96.5 cm³/mol. The van der Waals surface area contributed by atoms with Crippen molar-refractivity contribution in [3.05, 3.63) is 42.5 Å². The second-order valence-corrected chi connectivity index (χ2v) is 8.08. The second-order valence-electron chi connectivity index (χ2n) is 6.15. The van der Waals surface area contributed by atoms with Gasteiger partial charge in [0.25, 0.3) is 0 Å². The maximum Gasteiger partial charge on any atom is 0.243 e. The standard InChI is InChI=1S/C17H24N4O4S/c1-20-9-10-21(13-16(20)17-18-7-8-19-17)26(22,23)15-5-3-14(4-6-15)25-12-11-24-2/h3-8,16H,9-13H2,1-2H3,(H,18,19)/t16-/m0/s1. The van der Waals surface area contributed by atoms with Gasteiger partial charge < -0.3 is 14.5 Å². The average molecular weight is 380 g/mol. The van der Waals surface area contributed by atoms with Crippen LogP contribution in [-0.2, 0) is 14.8 Å². The smallest absolute Gasteiger partial charge is 0.243 e. The third-order valence-electron chi connectivity index (χ3n) is 4.46. The van der Waals surface area contributed by atoms with Crippen LogP contribution in [0.4, 0.5) is 0 Å². The molecular formula is C17H24N4O4S. The number of benzene rings is 1. The van der Waals surface area contributed by atoms with Crippen LogP contribution in [0, 0.1) is 0 Å². The Morgan fingerprint density at radius 3 is 2.65 bits per heavy atom. The van der Waals surface area contributed by atoms with Crippen LogP contribution >= 0.6 is 0 Å². The first-order chi connectivity index (χ1) is 12.5. The molecule has 1 fully saturated rings. The van der Waals surface area contributed by atoms with Gasteiger partial charge in [-0.15, -0.1) is 0 Å². The number of hydrogen-bond donors (Lipinski definition) is 1. The SMILES string of the molecule is COCCOc1ccc(S(=O)(=O)N2CCN(C)[C@H](c3ncc[nH]3)C2)cc1. The summed E-state index contributed by atoms with van der Waals surface area (Å²) < 4.78 is 37.9. The van der Waals surface area contributed by atoms with Gasteiger partial charge in [-0.05, 0) is 31.3 Å². The number of ether oxygens (including phenoxy) is 2. The zero-order valence-electron chi connectivity index (χ0n) is 15.0. The Morgan fingerprint density at radius 2 is 2.00 bits per heavy atom. The first-order valence-electron chi connectivity index (χ1n) is 8.44. The van der Waals surface area contributed by atoms with E-state index in [0.717, 1.165) is 5.82 Å². The lowest BCUT2D eigenvalue weighted by molar-refractivity contribution is 0.142. The molecule has 9 heteroatoms. The molecule has 0 spiro atoms. The third-order valence-corrected chi connectivity index (χ3v) is 6.34. The predicted octanol–water partition coefficient (Wildman–Crippen LogP) is 1.11. The van der Waals surface area contributed by atoms with Crippen LogP contribution < -0.4 is 4.74 Å². The highest BCUT2D eigenvalue weighted by Crippen LogP contribution is 2.26. The summed E-state index contributed by atoms with van der Waals surface area (Å²) in [7, 11) is 0.0111. The van der Waals surface area contributed by atoms with E-state index in [1.165, 1.54) is 4.31 Å². The molecule has 1 aliphatic rings. The minimum atomic E-state index is -3.57. The molecule has 0 saturated carbocycles. The first kappa shape index (κ1) is 18.8. The summed E-state index contributed by atoms with van der Waals surface area (Å²) in [5, 5.41) is 0. The van der Waals surface area contributed by atoms with E-state index < -0.39 is 10.0 Å². The van der Waals surface area contributed by atoms with Gasteiger partial charge in [0, 0.05) is 39.1 Å². The van der Waals surface area contributed by atoms with Crippen molar-refractivity contribution < 1.29 is 17.9 Å². The minimum Gasteiger partial charge on any atom is -0.491 e. The molecule has 1 aromatic heterocycles. The second kappa shape index (κ2) is 8.17. The van der Waals surface area contributed by atoms with Crippen molar-refractivity contribution in [2.75, 3.05) is 47.0 Å². The number of aromatic nitrogens is 2. The largest absolute Gasteiger partial charge is 0.491 e. The Morgan fingerprint density at radius 1 is 1.23 bits per heavy atom. The molecule has 0 aliphatic carbocycles. The van der Waals surface area contributed by atoms with Crippen LogP contribution in [0.2, 0.25) is 0 Å². The Balaban J connectivity index is 1.73. The summed E-state index contributed by atoms with van der Waals surface area (Å²) in [6.45, 7) is 2.35. The molecule has 1 atom stereocenters. The van der Waals surface area contributed by atoms with Crippen LogP contribution in [0.5, 0.6) is 5.75 Å². The molecular weight excluding hydrogens is 356 g/mol. The van der Waals surface area contributed by atoms with Gasteiger partial charge >= 0.3 is 0 Å². The van der Waals surface area contributed by atoms with Crippen molar-refractivity contribution in [2.24, 2.45) is 0 Å². The van der Waals surface area contributed by atoms with Gasteiger partial charge in [-0.1, -0.05) is 0 Å². The summed E-state index contributed by atoms with van der Waals surface area (Å²) in [5.41, 5.74) is 0. The number of hydrogen-bond acceptors (Lipinski definition) is 6.